The van der Waals surface area contributed by atoms with E-state index in [-0.39, 0.29) is 0 Å². The van der Waals surface area contributed by atoms with Crippen LogP contribution in [0.2, 0.25) is 0 Å². The maximum absolute atomic E-state index is 2.33. The molecule has 21 heavy (non-hydrogen) atoms. The highest BCUT2D eigenvalue weighted by Gasteiger charge is 2.39. The van der Waals surface area contributed by atoms with E-state index in [1.807, 2.05) is 0 Å². The monoisotopic (exact) mass is 360 g/mol. The first-order valence-corrected chi connectivity index (χ1v) is 13.0. The van der Waals surface area contributed by atoms with Gasteiger partial charge in [0.2, 0.25) is 0 Å². The third kappa shape index (κ3) is 5.76. The third-order valence-electron chi connectivity index (χ3n) is 4.60. The van der Waals surface area contributed by atoms with Crippen LogP contribution in [0.1, 0.15) is 51.4 Å². The third-order valence-corrected chi connectivity index (χ3v) is 11.5. The lowest BCUT2D eigenvalue weighted by Crippen LogP contribution is -2.34. The van der Waals surface area contributed by atoms with Crippen molar-refractivity contribution in [3.63, 3.8) is 0 Å². The standard InChI is InChI=1S/C17H28S4/c1-2-13(1)18-9-17(10-19-14-3-4-14,11-20-15-5-6-15)12-21-16-7-8-16/h13-16H,1-12H2. The Morgan fingerprint density at radius 3 is 0.905 bits per heavy atom. The zero-order valence-corrected chi connectivity index (χ0v) is 16.2. The molecule has 4 saturated carbocycles. The lowest BCUT2D eigenvalue weighted by molar-refractivity contribution is 0.515. The summed E-state index contributed by atoms with van der Waals surface area (Å²) >= 11 is 9.30. The number of thioether (sulfide) groups is 4. The summed E-state index contributed by atoms with van der Waals surface area (Å²) in [6, 6.07) is 0. The number of hydrogen-bond acceptors (Lipinski definition) is 4. The molecular weight excluding hydrogens is 332 g/mol. The van der Waals surface area contributed by atoms with Crippen LogP contribution < -0.4 is 0 Å². The maximum Gasteiger partial charge on any atom is 0.00654 e. The van der Waals surface area contributed by atoms with Gasteiger partial charge in [-0.15, -0.1) is 0 Å². The molecule has 0 radical (unpaired) electrons. The first-order chi connectivity index (χ1) is 10.3. The van der Waals surface area contributed by atoms with E-state index in [1.165, 1.54) is 74.4 Å². The van der Waals surface area contributed by atoms with E-state index in [9.17, 15) is 0 Å². The average Bonchev–Trinajstić information content (AvgIpc) is 3.39. The van der Waals surface area contributed by atoms with Crippen molar-refractivity contribution in [3.8, 4) is 0 Å². The van der Waals surface area contributed by atoms with E-state index >= 15 is 0 Å². The predicted molar refractivity (Wildman–Crippen MR) is 104 cm³/mol. The molecule has 0 atom stereocenters. The van der Waals surface area contributed by atoms with Gasteiger partial charge >= 0.3 is 0 Å². The lowest BCUT2D eigenvalue weighted by Gasteiger charge is -2.33. The molecule has 0 nitrogen and oxygen atoms in total. The van der Waals surface area contributed by atoms with Crippen LogP contribution in [0.3, 0.4) is 0 Å². The maximum atomic E-state index is 2.33. The van der Waals surface area contributed by atoms with Crippen molar-refractivity contribution < 1.29 is 0 Å². The normalized spacial score (nSPS) is 26.3. The summed E-state index contributed by atoms with van der Waals surface area (Å²) in [7, 11) is 0. The molecule has 0 heterocycles. The summed E-state index contributed by atoms with van der Waals surface area (Å²) in [4.78, 5) is 0. The predicted octanol–water partition coefficient (Wildman–Crippen LogP) is 5.56. The summed E-state index contributed by atoms with van der Waals surface area (Å²) in [6.45, 7) is 0. The van der Waals surface area contributed by atoms with Gasteiger partial charge in [0.05, 0.1) is 0 Å². The molecule has 4 aliphatic carbocycles. The van der Waals surface area contributed by atoms with Crippen molar-refractivity contribution in [2.75, 3.05) is 23.0 Å². The summed E-state index contributed by atoms with van der Waals surface area (Å²) in [6.07, 6.45) is 12.0. The minimum atomic E-state index is 0.640. The largest absolute Gasteiger partial charge is 0.158 e. The summed E-state index contributed by atoms with van der Waals surface area (Å²) < 4.78 is 0. The van der Waals surface area contributed by atoms with Crippen LogP contribution in [-0.2, 0) is 0 Å². The van der Waals surface area contributed by atoms with Gasteiger partial charge in [0.15, 0.2) is 0 Å². The van der Waals surface area contributed by atoms with E-state index in [1.54, 1.807) is 0 Å². The molecule has 4 aliphatic rings. The summed E-state index contributed by atoms with van der Waals surface area (Å²) in [5.41, 5.74) is 0.640. The molecule has 0 unspecified atom stereocenters. The quantitative estimate of drug-likeness (QED) is 0.447. The van der Waals surface area contributed by atoms with Crippen LogP contribution in [-0.4, -0.2) is 44.0 Å². The minimum Gasteiger partial charge on any atom is -0.158 e. The number of rotatable bonds is 12. The van der Waals surface area contributed by atoms with Gasteiger partial charge in [-0.05, 0) is 51.4 Å². The Morgan fingerprint density at radius 1 is 0.476 bits per heavy atom. The Balaban J connectivity index is 1.34. The minimum absolute atomic E-state index is 0.640. The Labute approximate surface area is 147 Å². The van der Waals surface area contributed by atoms with E-state index in [0.717, 1.165) is 21.0 Å². The first kappa shape index (κ1) is 15.9. The van der Waals surface area contributed by atoms with Crippen LogP contribution >= 0.6 is 47.0 Å². The summed E-state index contributed by atoms with van der Waals surface area (Å²) in [5, 5.41) is 4.14. The van der Waals surface area contributed by atoms with Gasteiger partial charge < -0.3 is 0 Å². The highest BCUT2D eigenvalue weighted by molar-refractivity contribution is 8.02. The van der Waals surface area contributed by atoms with E-state index in [4.69, 9.17) is 0 Å². The van der Waals surface area contributed by atoms with Gasteiger partial charge in [-0.1, -0.05) is 0 Å². The average molecular weight is 361 g/mol. The zero-order valence-electron chi connectivity index (χ0n) is 12.9. The fourth-order valence-electron chi connectivity index (χ4n) is 2.37. The lowest BCUT2D eigenvalue weighted by atomic mass is 9.99. The Kier molecular flexibility index (Phi) is 5.38. The Bertz CT molecular complexity index is 273. The number of hydrogen-bond donors (Lipinski definition) is 0. The second-order valence-corrected chi connectivity index (χ2v) is 12.7. The second kappa shape index (κ2) is 7.11. The van der Waals surface area contributed by atoms with Gasteiger partial charge in [0.25, 0.3) is 0 Å². The van der Waals surface area contributed by atoms with Crippen LogP contribution in [0, 0.1) is 5.41 Å². The molecular formula is C17H28S4. The highest BCUT2D eigenvalue weighted by Crippen LogP contribution is 2.48. The van der Waals surface area contributed by atoms with Crippen molar-refractivity contribution in [2.24, 2.45) is 5.41 Å². The Morgan fingerprint density at radius 2 is 0.714 bits per heavy atom. The molecule has 4 fully saturated rings. The topological polar surface area (TPSA) is 0 Å². The smallest absolute Gasteiger partial charge is 0.00654 e. The zero-order chi connectivity index (χ0) is 14.1. The fourth-order valence-corrected chi connectivity index (χ4v) is 8.60. The van der Waals surface area contributed by atoms with Gasteiger partial charge in [0, 0.05) is 49.4 Å². The van der Waals surface area contributed by atoms with E-state index in [0.29, 0.717) is 5.41 Å². The first-order valence-electron chi connectivity index (χ1n) is 8.78. The molecule has 0 aromatic heterocycles. The molecule has 4 heteroatoms. The fraction of sp³-hybridized carbons (Fsp3) is 1.00. The van der Waals surface area contributed by atoms with Gasteiger partial charge in [-0.25, -0.2) is 0 Å². The molecule has 0 amide bonds. The van der Waals surface area contributed by atoms with Crippen LogP contribution in [0.4, 0.5) is 0 Å². The molecule has 0 aromatic carbocycles. The Hall–Kier alpha value is 1.40. The van der Waals surface area contributed by atoms with Crippen LogP contribution in [0.25, 0.3) is 0 Å². The molecule has 0 aliphatic heterocycles. The molecule has 120 valence electrons. The van der Waals surface area contributed by atoms with E-state index in [2.05, 4.69) is 47.0 Å². The van der Waals surface area contributed by atoms with Gasteiger partial charge in [-0.2, -0.15) is 47.0 Å². The SMILES string of the molecule is C1CC1SCC(CSC1CC1)(CSC1CC1)CSC1CC1. The van der Waals surface area contributed by atoms with Crippen LogP contribution in [0.5, 0.6) is 0 Å². The molecule has 0 spiro atoms. The van der Waals surface area contributed by atoms with Gasteiger partial charge in [0.1, 0.15) is 0 Å². The van der Waals surface area contributed by atoms with Crippen molar-refractivity contribution in [1.82, 2.24) is 0 Å². The van der Waals surface area contributed by atoms with Crippen molar-refractivity contribution in [2.45, 2.75) is 72.4 Å². The van der Waals surface area contributed by atoms with Gasteiger partial charge in [-0.3, -0.25) is 0 Å². The molecule has 0 N–H and O–H groups in total. The molecule has 0 aromatic rings. The highest BCUT2D eigenvalue weighted by atomic mass is 32.2. The van der Waals surface area contributed by atoms with E-state index < -0.39 is 0 Å². The molecule has 0 saturated heterocycles. The second-order valence-electron chi connectivity index (χ2n) is 7.54. The summed E-state index contributed by atoms with van der Waals surface area (Å²) in [5.74, 6) is 5.82. The van der Waals surface area contributed by atoms with Crippen LogP contribution in [0.15, 0.2) is 0 Å². The van der Waals surface area contributed by atoms with Crippen molar-refractivity contribution in [3.05, 3.63) is 0 Å². The molecule has 4 rings (SSSR count). The molecule has 0 bridgehead atoms. The van der Waals surface area contributed by atoms with Crippen molar-refractivity contribution in [1.29, 1.82) is 0 Å². The van der Waals surface area contributed by atoms with Crippen molar-refractivity contribution >= 4 is 47.0 Å².